The van der Waals surface area contributed by atoms with Crippen molar-refractivity contribution in [3.8, 4) is 0 Å². The van der Waals surface area contributed by atoms with E-state index >= 15 is 0 Å². The number of aromatic nitrogens is 1. The summed E-state index contributed by atoms with van der Waals surface area (Å²) in [5.74, 6) is 0.578. The number of hydrogen-bond donors (Lipinski definition) is 1. The second-order valence-electron chi connectivity index (χ2n) is 5.26. The molecular formula is C18H23N2+. The zero-order valence-corrected chi connectivity index (χ0v) is 12.3. The van der Waals surface area contributed by atoms with Crippen molar-refractivity contribution in [3.63, 3.8) is 0 Å². The van der Waals surface area contributed by atoms with Crippen molar-refractivity contribution in [3.05, 3.63) is 65.5 Å². The first-order valence-corrected chi connectivity index (χ1v) is 7.17. The number of pyridine rings is 1. The van der Waals surface area contributed by atoms with Gasteiger partial charge >= 0.3 is 0 Å². The van der Waals surface area contributed by atoms with Crippen LogP contribution in [0.15, 0.2) is 48.7 Å². The zero-order valence-electron chi connectivity index (χ0n) is 12.3. The average molecular weight is 267 g/mol. The molecule has 0 unspecified atom stereocenters. The van der Waals surface area contributed by atoms with Crippen molar-refractivity contribution < 1.29 is 4.57 Å². The maximum absolute atomic E-state index is 5.64. The Morgan fingerprint density at radius 3 is 2.45 bits per heavy atom. The molecule has 0 amide bonds. The van der Waals surface area contributed by atoms with Crippen LogP contribution in [0.4, 0.5) is 0 Å². The Hall–Kier alpha value is -1.93. The summed E-state index contributed by atoms with van der Waals surface area (Å²) in [5.41, 5.74) is 9.40. The number of benzene rings is 1. The van der Waals surface area contributed by atoms with Crippen molar-refractivity contribution in [1.82, 2.24) is 0 Å². The molecular weight excluding hydrogens is 244 g/mol. The van der Waals surface area contributed by atoms with Gasteiger partial charge in [0.05, 0.1) is 6.54 Å². The zero-order chi connectivity index (χ0) is 14.4. The van der Waals surface area contributed by atoms with E-state index in [9.17, 15) is 0 Å². The van der Waals surface area contributed by atoms with Crippen LogP contribution in [0.1, 0.15) is 36.6 Å². The molecule has 0 saturated carbocycles. The molecule has 2 aromatic rings. The van der Waals surface area contributed by atoms with Gasteiger partial charge in [-0.3, -0.25) is 0 Å². The summed E-state index contributed by atoms with van der Waals surface area (Å²) in [5, 5.41) is 0. The molecule has 0 aliphatic heterocycles. The van der Waals surface area contributed by atoms with Gasteiger partial charge in [0.1, 0.15) is 0 Å². The van der Waals surface area contributed by atoms with Crippen LogP contribution in [-0.2, 0) is 6.54 Å². The predicted octanol–water partition coefficient (Wildman–Crippen LogP) is 3.23. The largest absolute Gasteiger partial charge is 0.325 e. The third kappa shape index (κ3) is 3.78. The molecule has 0 fully saturated rings. The minimum Gasteiger partial charge on any atom is -0.325 e. The molecule has 20 heavy (non-hydrogen) atoms. The third-order valence-electron chi connectivity index (χ3n) is 3.40. The Bertz CT molecular complexity index is 568. The van der Waals surface area contributed by atoms with Gasteiger partial charge in [0.2, 0.25) is 5.69 Å². The van der Waals surface area contributed by atoms with E-state index in [1.54, 1.807) is 0 Å². The molecule has 104 valence electrons. The van der Waals surface area contributed by atoms with E-state index in [2.05, 4.69) is 73.2 Å². The van der Waals surface area contributed by atoms with Gasteiger partial charge in [-0.05, 0) is 29.2 Å². The third-order valence-corrected chi connectivity index (χ3v) is 3.40. The summed E-state index contributed by atoms with van der Waals surface area (Å²) in [6.45, 7) is 5.92. The number of hydrogen-bond acceptors (Lipinski definition) is 1. The molecule has 1 heterocycles. The smallest absolute Gasteiger partial charge is 0.205 e. The van der Waals surface area contributed by atoms with E-state index in [1.165, 1.54) is 16.8 Å². The number of rotatable bonds is 5. The lowest BCUT2D eigenvalue weighted by Gasteiger charge is -2.04. The van der Waals surface area contributed by atoms with E-state index in [0.717, 1.165) is 6.54 Å². The highest BCUT2D eigenvalue weighted by Crippen LogP contribution is 2.15. The van der Waals surface area contributed by atoms with Crippen LogP contribution >= 0.6 is 0 Å². The van der Waals surface area contributed by atoms with E-state index in [1.807, 2.05) is 6.07 Å². The van der Waals surface area contributed by atoms with Crippen LogP contribution in [0.2, 0.25) is 0 Å². The van der Waals surface area contributed by atoms with E-state index in [0.29, 0.717) is 12.5 Å². The lowest BCUT2D eigenvalue weighted by molar-refractivity contribution is -0.696. The first kappa shape index (κ1) is 14.5. The lowest BCUT2D eigenvalue weighted by atomic mass is 10.0. The monoisotopic (exact) mass is 267 g/mol. The SMILES string of the molecule is CC(C)c1ccc(/C=C/c2cccc[n+]2CCN)cc1. The number of nitrogens with two attached hydrogens (primary N) is 1. The second-order valence-corrected chi connectivity index (χ2v) is 5.26. The molecule has 2 rings (SSSR count). The molecule has 1 aromatic carbocycles. The normalized spacial score (nSPS) is 11.4. The van der Waals surface area contributed by atoms with Crippen molar-refractivity contribution >= 4 is 12.2 Å². The van der Waals surface area contributed by atoms with Crippen LogP contribution in [-0.4, -0.2) is 6.54 Å². The summed E-state index contributed by atoms with van der Waals surface area (Å²) >= 11 is 0. The van der Waals surface area contributed by atoms with Crippen molar-refractivity contribution in [2.75, 3.05) is 6.54 Å². The van der Waals surface area contributed by atoms with E-state index < -0.39 is 0 Å². The van der Waals surface area contributed by atoms with Crippen LogP contribution in [0.25, 0.3) is 12.2 Å². The predicted molar refractivity (Wildman–Crippen MR) is 85.2 cm³/mol. The Balaban J connectivity index is 2.16. The summed E-state index contributed by atoms with van der Waals surface area (Å²) < 4.78 is 2.17. The molecule has 0 bridgehead atoms. The lowest BCUT2D eigenvalue weighted by Crippen LogP contribution is -2.39. The number of nitrogens with zero attached hydrogens (tertiary/aromatic N) is 1. The fourth-order valence-corrected chi connectivity index (χ4v) is 2.16. The van der Waals surface area contributed by atoms with Gasteiger partial charge in [0, 0.05) is 18.2 Å². The summed E-state index contributed by atoms with van der Waals surface area (Å²) in [6, 6.07) is 14.9. The quantitative estimate of drug-likeness (QED) is 0.828. The average Bonchev–Trinajstić information content (AvgIpc) is 2.47. The Labute approximate surface area is 121 Å². The first-order chi connectivity index (χ1) is 9.70. The van der Waals surface area contributed by atoms with E-state index in [4.69, 9.17) is 5.73 Å². The summed E-state index contributed by atoms with van der Waals surface area (Å²) in [4.78, 5) is 0. The van der Waals surface area contributed by atoms with Crippen LogP contribution in [0.5, 0.6) is 0 Å². The molecule has 1 aromatic heterocycles. The minimum absolute atomic E-state index is 0.578. The molecule has 0 atom stereocenters. The van der Waals surface area contributed by atoms with Gasteiger partial charge in [0.15, 0.2) is 12.7 Å². The van der Waals surface area contributed by atoms with Crippen molar-refractivity contribution in [2.24, 2.45) is 5.73 Å². The Morgan fingerprint density at radius 2 is 1.80 bits per heavy atom. The fraction of sp³-hybridized carbons (Fsp3) is 0.278. The van der Waals surface area contributed by atoms with Crippen LogP contribution in [0.3, 0.4) is 0 Å². The van der Waals surface area contributed by atoms with Gasteiger partial charge in [0.25, 0.3) is 0 Å². The molecule has 2 nitrogen and oxygen atoms in total. The first-order valence-electron chi connectivity index (χ1n) is 7.17. The Morgan fingerprint density at radius 1 is 1.05 bits per heavy atom. The highest BCUT2D eigenvalue weighted by molar-refractivity contribution is 5.67. The molecule has 0 aliphatic rings. The van der Waals surface area contributed by atoms with Gasteiger partial charge in [-0.15, -0.1) is 0 Å². The van der Waals surface area contributed by atoms with Crippen molar-refractivity contribution in [1.29, 1.82) is 0 Å². The molecule has 0 aliphatic carbocycles. The summed E-state index contributed by atoms with van der Waals surface area (Å²) in [7, 11) is 0. The van der Waals surface area contributed by atoms with Crippen LogP contribution in [0, 0.1) is 0 Å². The van der Waals surface area contributed by atoms with Gasteiger partial charge < -0.3 is 5.73 Å². The standard InChI is InChI=1S/C18H23N2/c1-15(2)17-9-6-16(7-10-17)8-11-18-5-3-4-13-20(18)14-12-19/h3-11,13,15H,12,14,19H2,1-2H3/q+1/b11-8+. The molecule has 2 heteroatoms. The molecule has 0 spiro atoms. The van der Waals surface area contributed by atoms with E-state index in [-0.39, 0.29) is 0 Å². The van der Waals surface area contributed by atoms with Crippen molar-refractivity contribution in [2.45, 2.75) is 26.3 Å². The van der Waals surface area contributed by atoms with Gasteiger partial charge in [-0.2, -0.15) is 4.57 Å². The minimum atomic E-state index is 0.578. The Kier molecular flexibility index (Phi) is 5.08. The fourth-order valence-electron chi connectivity index (χ4n) is 2.16. The summed E-state index contributed by atoms with van der Waals surface area (Å²) in [6.07, 6.45) is 6.35. The highest BCUT2D eigenvalue weighted by Gasteiger charge is 2.04. The topological polar surface area (TPSA) is 29.9 Å². The maximum atomic E-state index is 5.64. The molecule has 0 saturated heterocycles. The van der Waals surface area contributed by atoms with Gasteiger partial charge in [-0.1, -0.05) is 38.1 Å². The molecule has 0 radical (unpaired) electrons. The highest BCUT2D eigenvalue weighted by atomic mass is 15.0. The molecule has 2 N–H and O–H groups in total. The maximum Gasteiger partial charge on any atom is 0.205 e. The van der Waals surface area contributed by atoms with Crippen LogP contribution < -0.4 is 10.3 Å². The second kappa shape index (κ2) is 7.01. The van der Waals surface area contributed by atoms with Gasteiger partial charge in [-0.25, -0.2) is 0 Å².